The summed E-state index contributed by atoms with van der Waals surface area (Å²) < 4.78 is 12.6. The van der Waals surface area contributed by atoms with Crippen molar-refractivity contribution in [2.45, 2.75) is 0 Å². The summed E-state index contributed by atoms with van der Waals surface area (Å²) in [6.07, 6.45) is 0. The molecule has 0 aliphatic heterocycles. The van der Waals surface area contributed by atoms with Gasteiger partial charge in [0.05, 0.1) is 14.2 Å². The molecular formula is C24H20N2O4. The Balaban J connectivity index is 2.11. The van der Waals surface area contributed by atoms with E-state index in [0.717, 1.165) is 10.1 Å². The van der Waals surface area contributed by atoms with Gasteiger partial charge in [0, 0.05) is 25.2 Å². The van der Waals surface area contributed by atoms with Gasteiger partial charge in [0.15, 0.2) is 0 Å². The van der Waals surface area contributed by atoms with Crippen LogP contribution in [-0.4, -0.2) is 23.4 Å². The van der Waals surface area contributed by atoms with E-state index >= 15 is 0 Å². The maximum Gasteiger partial charge on any atom is 0.331 e. The van der Waals surface area contributed by atoms with Crippen molar-refractivity contribution in [3.8, 4) is 35.2 Å². The molecule has 30 heavy (non-hydrogen) atoms. The Kier molecular flexibility index (Phi) is 6.10. The highest BCUT2D eigenvalue weighted by atomic mass is 16.5. The highest BCUT2D eigenvalue weighted by Crippen LogP contribution is 2.11. The zero-order valence-electron chi connectivity index (χ0n) is 17.1. The first-order chi connectivity index (χ1) is 14.4. The molecule has 0 aliphatic carbocycles. The Morgan fingerprint density at radius 2 is 1.13 bits per heavy atom. The third-order valence-corrected chi connectivity index (χ3v) is 4.50. The Labute approximate surface area is 174 Å². The van der Waals surface area contributed by atoms with Crippen LogP contribution < -0.4 is 20.7 Å². The Morgan fingerprint density at radius 1 is 0.667 bits per heavy atom. The normalized spacial score (nSPS) is 9.73. The van der Waals surface area contributed by atoms with E-state index in [9.17, 15) is 9.59 Å². The first-order valence-electron chi connectivity index (χ1n) is 9.06. The van der Waals surface area contributed by atoms with Crippen LogP contribution in [0.3, 0.4) is 0 Å². The Morgan fingerprint density at radius 3 is 1.60 bits per heavy atom. The van der Waals surface area contributed by atoms with E-state index in [1.165, 1.54) is 11.6 Å². The van der Waals surface area contributed by atoms with E-state index in [-0.39, 0.29) is 11.3 Å². The van der Waals surface area contributed by atoms with Crippen molar-refractivity contribution in [1.82, 2.24) is 9.13 Å². The zero-order valence-corrected chi connectivity index (χ0v) is 17.1. The molecule has 1 aromatic heterocycles. The van der Waals surface area contributed by atoms with Crippen LogP contribution in [0.5, 0.6) is 11.5 Å². The molecule has 2 aromatic carbocycles. The largest absolute Gasteiger partial charge is 0.497 e. The van der Waals surface area contributed by atoms with Crippen LogP contribution in [0.4, 0.5) is 0 Å². The van der Waals surface area contributed by atoms with Crippen molar-refractivity contribution >= 4 is 0 Å². The lowest BCUT2D eigenvalue weighted by molar-refractivity contribution is 0.414. The molecule has 150 valence electrons. The zero-order chi connectivity index (χ0) is 21.7. The molecule has 0 atom stereocenters. The summed E-state index contributed by atoms with van der Waals surface area (Å²) >= 11 is 0. The van der Waals surface area contributed by atoms with Crippen LogP contribution in [-0.2, 0) is 14.1 Å². The quantitative estimate of drug-likeness (QED) is 0.617. The molecule has 0 spiro atoms. The standard InChI is InChI=1S/C24H20N2O4/c1-25-22(16-10-18-7-13-20(30-4)14-8-18)21(23(27)26(2)24(25)28)15-9-17-5-11-19(29-3)12-6-17/h5-8,11-14H,1-4H3. The second-order valence-corrected chi connectivity index (χ2v) is 6.39. The van der Waals surface area contributed by atoms with Gasteiger partial charge in [-0.2, -0.15) is 0 Å². The van der Waals surface area contributed by atoms with Crippen LogP contribution in [0.15, 0.2) is 58.1 Å². The van der Waals surface area contributed by atoms with Gasteiger partial charge in [-0.3, -0.25) is 13.9 Å². The van der Waals surface area contributed by atoms with Gasteiger partial charge in [0.1, 0.15) is 22.8 Å². The fraction of sp³-hybridized carbons (Fsp3) is 0.167. The molecule has 0 saturated heterocycles. The Hall–Kier alpha value is -4.16. The summed E-state index contributed by atoms with van der Waals surface area (Å²) in [6, 6.07) is 14.3. The van der Waals surface area contributed by atoms with Gasteiger partial charge in [-0.05, 0) is 54.5 Å². The lowest BCUT2D eigenvalue weighted by Crippen LogP contribution is -2.40. The SMILES string of the molecule is COc1ccc(C#Cc2c(C#Cc3ccc(OC)cc3)n(C)c(=O)n(C)c2=O)cc1. The van der Waals surface area contributed by atoms with E-state index in [4.69, 9.17) is 9.47 Å². The molecule has 6 heteroatoms. The first kappa shape index (κ1) is 20.6. The fourth-order valence-corrected chi connectivity index (χ4v) is 2.72. The van der Waals surface area contributed by atoms with Gasteiger partial charge < -0.3 is 9.47 Å². The molecule has 0 unspecified atom stereocenters. The predicted octanol–water partition coefficient (Wildman–Crippen LogP) is 1.90. The molecule has 0 N–H and O–H groups in total. The minimum Gasteiger partial charge on any atom is -0.497 e. The molecule has 3 aromatic rings. The topological polar surface area (TPSA) is 62.5 Å². The van der Waals surface area contributed by atoms with Gasteiger partial charge in [-0.25, -0.2) is 4.79 Å². The number of ether oxygens (including phenoxy) is 2. The van der Waals surface area contributed by atoms with E-state index in [1.807, 2.05) is 0 Å². The van der Waals surface area contributed by atoms with Crippen molar-refractivity contribution in [2.75, 3.05) is 14.2 Å². The molecule has 0 amide bonds. The molecule has 0 radical (unpaired) electrons. The summed E-state index contributed by atoms with van der Waals surface area (Å²) in [5.41, 5.74) is 0.905. The second-order valence-electron chi connectivity index (χ2n) is 6.39. The van der Waals surface area contributed by atoms with Gasteiger partial charge >= 0.3 is 5.69 Å². The fourth-order valence-electron chi connectivity index (χ4n) is 2.72. The van der Waals surface area contributed by atoms with E-state index in [1.54, 1.807) is 69.8 Å². The van der Waals surface area contributed by atoms with Gasteiger partial charge in [0.2, 0.25) is 0 Å². The van der Waals surface area contributed by atoms with Gasteiger partial charge in [-0.1, -0.05) is 17.8 Å². The van der Waals surface area contributed by atoms with Crippen LogP contribution in [0.25, 0.3) is 0 Å². The summed E-state index contributed by atoms with van der Waals surface area (Å²) in [6.45, 7) is 0. The third-order valence-electron chi connectivity index (χ3n) is 4.50. The van der Waals surface area contributed by atoms with Crippen LogP contribution >= 0.6 is 0 Å². The van der Waals surface area contributed by atoms with E-state index in [0.29, 0.717) is 17.1 Å². The lowest BCUT2D eigenvalue weighted by Gasteiger charge is -2.07. The molecular weight excluding hydrogens is 380 g/mol. The summed E-state index contributed by atoms with van der Waals surface area (Å²) in [4.78, 5) is 25.1. The average Bonchev–Trinajstić information content (AvgIpc) is 2.79. The average molecular weight is 400 g/mol. The smallest absolute Gasteiger partial charge is 0.331 e. The van der Waals surface area contributed by atoms with Crippen LogP contribution in [0.2, 0.25) is 0 Å². The second kappa shape index (κ2) is 8.89. The number of rotatable bonds is 2. The molecule has 3 rings (SSSR count). The molecule has 0 bridgehead atoms. The number of benzene rings is 2. The van der Waals surface area contributed by atoms with E-state index < -0.39 is 11.2 Å². The highest BCUT2D eigenvalue weighted by molar-refractivity contribution is 5.51. The van der Waals surface area contributed by atoms with Crippen LogP contribution in [0.1, 0.15) is 22.4 Å². The molecule has 0 fully saturated rings. The molecule has 1 heterocycles. The Bertz CT molecular complexity index is 1310. The maximum atomic E-state index is 12.7. The molecule has 0 saturated carbocycles. The van der Waals surface area contributed by atoms with Crippen molar-refractivity contribution in [1.29, 1.82) is 0 Å². The lowest BCUT2D eigenvalue weighted by atomic mass is 10.1. The van der Waals surface area contributed by atoms with Gasteiger partial charge in [-0.15, -0.1) is 0 Å². The summed E-state index contributed by atoms with van der Waals surface area (Å²) in [7, 11) is 6.16. The molecule has 6 nitrogen and oxygen atoms in total. The summed E-state index contributed by atoms with van der Waals surface area (Å²) in [5, 5.41) is 0. The molecule has 0 aliphatic rings. The highest BCUT2D eigenvalue weighted by Gasteiger charge is 2.12. The number of nitrogens with zero attached hydrogens (tertiary/aromatic N) is 2. The minimum absolute atomic E-state index is 0.163. The number of hydrogen-bond acceptors (Lipinski definition) is 4. The number of methoxy groups -OCH3 is 2. The predicted molar refractivity (Wildman–Crippen MR) is 115 cm³/mol. The van der Waals surface area contributed by atoms with Gasteiger partial charge in [0.25, 0.3) is 5.56 Å². The third kappa shape index (κ3) is 4.29. The maximum absolute atomic E-state index is 12.7. The van der Waals surface area contributed by atoms with Crippen LogP contribution in [0, 0.1) is 23.7 Å². The van der Waals surface area contributed by atoms with E-state index in [2.05, 4.69) is 23.7 Å². The monoisotopic (exact) mass is 400 g/mol. The summed E-state index contributed by atoms with van der Waals surface area (Å²) in [5.74, 6) is 13.2. The number of hydrogen-bond donors (Lipinski definition) is 0. The minimum atomic E-state index is -0.488. The van der Waals surface area contributed by atoms with Crippen molar-refractivity contribution in [3.05, 3.63) is 91.8 Å². The first-order valence-corrected chi connectivity index (χ1v) is 9.06. The van der Waals surface area contributed by atoms with Crippen molar-refractivity contribution in [3.63, 3.8) is 0 Å². The number of aromatic nitrogens is 2. The van der Waals surface area contributed by atoms with Crippen molar-refractivity contribution < 1.29 is 9.47 Å². The van der Waals surface area contributed by atoms with Crippen molar-refractivity contribution in [2.24, 2.45) is 14.1 Å².